The standard InChI is InChI=1S/C20H30N2O3/c1-19(2,3)25-18(23)22-13-11-21(12-14-22)16-8-6-7-15-9-10-20(4,5)24-17(15)16/h6-8H,9-14H2,1-5H3. The van der Waals surface area contributed by atoms with Crippen LogP contribution in [0, 0.1) is 0 Å². The average molecular weight is 346 g/mol. The first-order valence-electron chi connectivity index (χ1n) is 9.18. The van der Waals surface area contributed by atoms with E-state index in [2.05, 4.69) is 36.9 Å². The number of rotatable bonds is 1. The Morgan fingerprint density at radius 1 is 1.16 bits per heavy atom. The van der Waals surface area contributed by atoms with Gasteiger partial charge in [0.05, 0.1) is 5.69 Å². The van der Waals surface area contributed by atoms with Crippen molar-refractivity contribution in [2.75, 3.05) is 31.1 Å². The Bertz CT molecular complexity index is 641. The van der Waals surface area contributed by atoms with Crippen LogP contribution in [0.3, 0.4) is 0 Å². The summed E-state index contributed by atoms with van der Waals surface area (Å²) >= 11 is 0. The molecule has 0 saturated carbocycles. The molecule has 5 heteroatoms. The van der Waals surface area contributed by atoms with Crippen molar-refractivity contribution in [2.45, 2.75) is 58.7 Å². The van der Waals surface area contributed by atoms with Gasteiger partial charge in [-0.2, -0.15) is 0 Å². The quantitative estimate of drug-likeness (QED) is 0.775. The number of aryl methyl sites for hydroxylation is 1. The van der Waals surface area contributed by atoms with Crippen molar-refractivity contribution in [3.8, 4) is 5.75 Å². The largest absolute Gasteiger partial charge is 0.485 e. The number of hydrogen-bond donors (Lipinski definition) is 0. The van der Waals surface area contributed by atoms with Crippen LogP contribution in [0.1, 0.15) is 46.6 Å². The first-order chi connectivity index (χ1) is 11.6. The van der Waals surface area contributed by atoms with Crippen molar-refractivity contribution in [3.05, 3.63) is 23.8 Å². The summed E-state index contributed by atoms with van der Waals surface area (Å²) in [4.78, 5) is 16.3. The third kappa shape index (κ3) is 4.20. The number of nitrogens with zero attached hydrogens (tertiary/aromatic N) is 2. The minimum Gasteiger partial charge on any atom is -0.485 e. The highest BCUT2D eigenvalue weighted by Gasteiger charge is 2.31. The summed E-state index contributed by atoms with van der Waals surface area (Å²) in [6, 6.07) is 6.39. The summed E-state index contributed by atoms with van der Waals surface area (Å²) in [7, 11) is 0. The maximum atomic E-state index is 12.2. The minimum atomic E-state index is -0.452. The monoisotopic (exact) mass is 346 g/mol. The van der Waals surface area contributed by atoms with Gasteiger partial charge in [0.2, 0.25) is 0 Å². The number of para-hydroxylation sites is 1. The molecule has 1 fully saturated rings. The van der Waals surface area contributed by atoms with Crippen LogP contribution in [0.25, 0.3) is 0 Å². The van der Waals surface area contributed by atoms with Crippen molar-refractivity contribution in [1.82, 2.24) is 4.90 Å². The highest BCUT2D eigenvalue weighted by molar-refractivity contribution is 5.69. The van der Waals surface area contributed by atoms with Crippen LogP contribution in [0.15, 0.2) is 18.2 Å². The van der Waals surface area contributed by atoms with E-state index in [0.717, 1.165) is 37.4 Å². The first-order valence-corrected chi connectivity index (χ1v) is 9.18. The average Bonchev–Trinajstić information content (AvgIpc) is 2.52. The molecule has 0 N–H and O–H groups in total. The summed E-state index contributed by atoms with van der Waals surface area (Å²) in [5, 5.41) is 0. The van der Waals surface area contributed by atoms with Crippen LogP contribution in [0.4, 0.5) is 10.5 Å². The normalized spacial score (nSPS) is 19.9. The summed E-state index contributed by atoms with van der Waals surface area (Å²) in [5.41, 5.74) is 1.86. The van der Waals surface area contributed by atoms with Gasteiger partial charge < -0.3 is 19.3 Å². The van der Waals surface area contributed by atoms with E-state index in [-0.39, 0.29) is 11.7 Å². The van der Waals surface area contributed by atoms with Gasteiger partial charge in [0.15, 0.2) is 0 Å². The molecule has 1 saturated heterocycles. The number of carbonyl (C=O) groups excluding carboxylic acids is 1. The number of ether oxygens (including phenoxy) is 2. The topological polar surface area (TPSA) is 42.0 Å². The Hall–Kier alpha value is -1.91. The second-order valence-corrected chi connectivity index (χ2v) is 8.58. The molecule has 1 aromatic rings. The van der Waals surface area contributed by atoms with E-state index in [0.29, 0.717) is 13.1 Å². The molecule has 0 spiro atoms. The fourth-order valence-corrected chi connectivity index (χ4v) is 3.35. The van der Waals surface area contributed by atoms with Gasteiger partial charge >= 0.3 is 6.09 Å². The van der Waals surface area contributed by atoms with E-state index in [9.17, 15) is 4.79 Å². The Balaban J connectivity index is 1.69. The molecule has 25 heavy (non-hydrogen) atoms. The zero-order valence-corrected chi connectivity index (χ0v) is 16.1. The van der Waals surface area contributed by atoms with Crippen LogP contribution in [-0.4, -0.2) is 48.4 Å². The van der Waals surface area contributed by atoms with Gasteiger partial charge in [0.1, 0.15) is 17.0 Å². The van der Waals surface area contributed by atoms with Crippen LogP contribution in [0.5, 0.6) is 5.75 Å². The lowest BCUT2D eigenvalue weighted by atomic mass is 9.93. The Morgan fingerprint density at radius 3 is 2.48 bits per heavy atom. The summed E-state index contributed by atoms with van der Waals surface area (Å²) in [5.74, 6) is 1.02. The number of hydrogen-bond acceptors (Lipinski definition) is 4. The van der Waals surface area contributed by atoms with Gasteiger partial charge in [-0.15, -0.1) is 0 Å². The predicted molar refractivity (Wildman–Crippen MR) is 99.5 cm³/mol. The summed E-state index contributed by atoms with van der Waals surface area (Å²) in [6.45, 7) is 12.9. The zero-order chi connectivity index (χ0) is 18.2. The van der Waals surface area contributed by atoms with E-state index >= 15 is 0 Å². The number of piperazine rings is 1. The molecule has 1 aromatic carbocycles. The molecule has 0 bridgehead atoms. The maximum absolute atomic E-state index is 12.2. The zero-order valence-electron chi connectivity index (χ0n) is 16.1. The Morgan fingerprint density at radius 2 is 1.84 bits per heavy atom. The lowest BCUT2D eigenvalue weighted by Crippen LogP contribution is -2.50. The molecule has 2 aliphatic heterocycles. The van der Waals surface area contributed by atoms with E-state index in [1.807, 2.05) is 20.8 Å². The van der Waals surface area contributed by atoms with Gasteiger partial charge in [-0.05, 0) is 59.1 Å². The fraction of sp³-hybridized carbons (Fsp3) is 0.650. The van der Waals surface area contributed by atoms with Gasteiger partial charge in [-0.25, -0.2) is 4.79 Å². The van der Waals surface area contributed by atoms with Crippen LogP contribution < -0.4 is 9.64 Å². The smallest absolute Gasteiger partial charge is 0.410 e. The maximum Gasteiger partial charge on any atom is 0.410 e. The SMILES string of the molecule is CC(C)(C)OC(=O)N1CCN(c2cccc3c2OC(C)(C)CC3)CC1. The second-order valence-electron chi connectivity index (χ2n) is 8.58. The predicted octanol–water partition coefficient (Wildman–Crippen LogP) is 3.85. The molecular weight excluding hydrogens is 316 g/mol. The minimum absolute atomic E-state index is 0.124. The lowest BCUT2D eigenvalue weighted by Gasteiger charge is -2.40. The molecular formula is C20H30N2O3. The van der Waals surface area contributed by atoms with E-state index in [1.165, 1.54) is 5.56 Å². The van der Waals surface area contributed by atoms with Crippen molar-refractivity contribution in [2.24, 2.45) is 0 Å². The van der Waals surface area contributed by atoms with Gasteiger partial charge in [-0.1, -0.05) is 12.1 Å². The third-order valence-electron chi connectivity index (χ3n) is 4.72. The van der Waals surface area contributed by atoms with Gasteiger partial charge in [0, 0.05) is 26.2 Å². The molecule has 0 aliphatic carbocycles. The molecule has 2 heterocycles. The van der Waals surface area contributed by atoms with Crippen LogP contribution >= 0.6 is 0 Å². The summed E-state index contributed by atoms with van der Waals surface area (Å²) < 4.78 is 11.8. The number of anilines is 1. The van der Waals surface area contributed by atoms with Crippen molar-refractivity contribution < 1.29 is 14.3 Å². The number of benzene rings is 1. The molecule has 5 nitrogen and oxygen atoms in total. The van der Waals surface area contributed by atoms with Crippen molar-refractivity contribution in [3.63, 3.8) is 0 Å². The molecule has 2 aliphatic rings. The van der Waals surface area contributed by atoms with Crippen molar-refractivity contribution >= 4 is 11.8 Å². The van der Waals surface area contributed by atoms with Gasteiger partial charge in [-0.3, -0.25) is 0 Å². The Kier molecular flexibility index (Phi) is 4.60. The third-order valence-corrected chi connectivity index (χ3v) is 4.72. The lowest BCUT2D eigenvalue weighted by molar-refractivity contribution is 0.0240. The van der Waals surface area contributed by atoms with Crippen LogP contribution in [0.2, 0.25) is 0 Å². The second kappa shape index (κ2) is 6.43. The molecule has 0 radical (unpaired) electrons. The molecule has 0 aromatic heterocycles. The number of carbonyl (C=O) groups is 1. The molecule has 1 amide bonds. The summed E-state index contributed by atoms with van der Waals surface area (Å²) in [6.07, 6.45) is 1.86. The molecule has 0 unspecified atom stereocenters. The molecule has 0 atom stereocenters. The molecule has 3 rings (SSSR count). The van der Waals surface area contributed by atoms with E-state index in [1.54, 1.807) is 4.90 Å². The number of fused-ring (bicyclic) bond motifs is 1. The highest BCUT2D eigenvalue weighted by atomic mass is 16.6. The highest BCUT2D eigenvalue weighted by Crippen LogP contribution is 2.40. The van der Waals surface area contributed by atoms with E-state index in [4.69, 9.17) is 9.47 Å². The van der Waals surface area contributed by atoms with Gasteiger partial charge in [0.25, 0.3) is 0 Å². The number of amides is 1. The van der Waals surface area contributed by atoms with E-state index < -0.39 is 5.60 Å². The first kappa shape index (κ1) is 17.9. The molecule has 138 valence electrons. The van der Waals surface area contributed by atoms with Crippen LogP contribution in [-0.2, 0) is 11.2 Å². The Labute approximate surface area is 150 Å². The van der Waals surface area contributed by atoms with Crippen molar-refractivity contribution in [1.29, 1.82) is 0 Å². The fourth-order valence-electron chi connectivity index (χ4n) is 3.35.